The number of rotatable bonds is 2. The van der Waals surface area contributed by atoms with Crippen LogP contribution in [0, 0.1) is 0 Å². The SMILES string of the molecule is CC(=O)c1cc(Cl)cc(N2CCOCC2)n1. The van der Waals surface area contributed by atoms with Gasteiger partial charge in [-0.1, -0.05) is 11.6 Å². The van der Waals surface area contributed by atoms with Crippen molar-refractivity contribution in [3.63, 3.8) is 0 Å². The molecule has 2 heterocycles. The third-order valence-corrected chi connectivity index (χ3v) is 2.69. The zero-order valence-corrected chi connectivity index (χ0v) is 9.83. The summed E-state index contributed by atoms with van der Waals surface area (Å²) >= 11 is 5.96. The number of hydrogen-bond acceptors (Lipinski definition) is 4. The van der Waals surface area contributed by atoms with Crippen LogP contribution in [0.25, 0.3) is 0 Å². The van der Waals surface area contributed by atoms with Crippen LogP contribution in [0.3, 0.4) is 0 Å². The lowest BCUT2D eigenvalue weighted by Gasteiger charge is -2.28. The second kappa shape index (κ2) is 4.80. The number of halogens is 1. The molecule has 0 N–H and O–H groups in total. The van der Waals surface area contributed by atoms with Crippen molar-refractivity contribution in [1.29, 1.82) is 0 Å². The third-order valence-electron chi connectivity index (χ3n) is 2.47. The summed E-state index contributed by atoms with van der Waals surface area (Å²) in [4.78, 5) is 17.6. The van der Waals surface area contributed by atoms with E-state index in [1.165, 1.54) is 6.92 Å². The number of pyridine rings is 1. The molecule has 1 aliphatic rings. The summed E-state index contributed by atoms with van der Waals surface area (Å²) in [6, 6.07) is 3.37. The molecule has 1 fully saturated rings. The van der Waals surface area contributed by atoms with Gasteiger partial charge >= 0.3 is 0 Å². The molecular weight excluding hydrogens is 228 g/mol. The molecular formula is C11H13ClN2O2. The average molecular weight is 241 g/mol. The molecule has 0 atom stereocenters. The Morgan fingerprint density at radius 1 is 1.44 bits per heavy atom. The number of nitrogens with zero attached hydrogens (tertiary/aromatic N) is 2. The van der Waals surface area contributed by atoms with Crippen molar-refractivity contribution >= 4 is 23.2 Å². The quantitative estimate of drug-likeness (QED) is 0.739. The highest BCUT2D eigenvalue weighted by Crippen LogP contribution is 2.20. The summed E-state index contributed by atoms with van der Waals surface area (Å²) < 4.78 is 5.26. The van der Waals surface area contributed by atoms with Crippen LogP contribution in [-0.4, -0.2) is 37.1 Å². The van der Waals surface area contributed by atoms with Crippen LogP contribution in [0.1, 0.15) is 17.4 Å². The first-order valence-electron chi connectivity index (χ1n) is 5.18. The van der Waals surface area contributed by atoms with Crippen LogP contribution >= 0.6 is 11.6 Å². The van der Waals surface area contributed by atoms with Crippen LogP contribution in [0.4, 0.5) is 5.82 Å². The van der Waals surface area contributed by atoms with E-state index in [0.29, 0.717) is 23.9 Å². The number of ketones is 1. The number of carbonyl (C=O) groups is 1. The summed E-state index contributed by atoms with van der Waals surface area (Å²) in [5, 5.41) is 0.543. The number of hydrogen-bond donors (Lipinski definition) is 0. The summed E-state index contributed by atoms with van der Waals surface area (Å²) in [7, 11) is 0. The molecule has 86 valence electrons. The lowest BCUT2D eigenvalue weighted by Crippen LogP contribution is -2.36. The molecule has 0 saturated carbocycles. The Bertz CT molecular complexity index is 403. The van der Waals surface area contributed by atoms with Gasteiger partial charge in [0.2, 0.25) is 0 Å². The Morgan fingerprint density at radius 3 is 2.75 bits per heavy atom. The number of anilines is 1. The lowest BCUT2D eigenvalue weighted by atomic mass is 10.2. The molecule has 2 rings (SSSR count). The van der Waals surface area contributed by atoms with Gasteiger partial charge in [-0.25, -0.2) is 4.98 Å². The van der Waals surface area contributed by atoms with E-state index in [1.54, 1.807) is 12.1 Å². The summed E-state index contributed by atoms with van der Waals surface area (Å²) in [6.45, 7) is 4.42. The van der Waals surface area contributed by atoms with Gasteiger partial charge in [0.15, 0.2) is 5.78 Å². The van der Waals surface area contributed by atoms with E-state index in [9.17, 15) is 4.79 Å². The van der Waals surface area contributed by atoms with Crippen LogP contribution in [0.5, 0.6) is 0 Å². The van der Waals surface area contributed by atoms with Gasteiger partial charge in [0.25, 0.3) is 0 Å². The maximum absolute atomic E-state index is 11.3. The van der Waals surface area contributed by atoms with Crippen molar-refractivity contribution in [2.75, 3.05) is 31.2 Å². The standard InChI is InChI=1S/C11H13ClN2O2/c1-8(15)10-6-9(12)7-11(13-10)14-2-4-16-5-3-14/h6-7H,2-5H2,1H3. The minimum absolute atomic E-state index is 0.0722. The molecule has 0 radical (unpaired) electrons. The molecule has 1 aliphatic heterocycles. The van der Waals surface area contributed by atoms with Crippen molar-refractivity contribution in [2.45, 2.75) is 6.92 Å². The Labute approximate surface area is 99.2 Å². The molecule has 1 aromatic heterocycles. The van der Waals surface area contributed by atoms with Crippen molar-refractivity contribution < 1.29 is 9.53 Å². The maximum atomic E-state index is 11.3. The van der Waals surface area contributed by atoms with Crippen molar-refractivity contribution in [2.24, 2.45) is 0 Å². The minimum Gasteiger partial charge on any atom is -0.378 e. The van der Waals surface area contributed by atoms with E-state index in [2.05, 4.69) is 9.88 Å². The fourth-order valence-electron chi connectivity index (χ4n) is 1.62. The van der Waals surface area contributed by atoms with Crippen LogP contribution < -0.4 is 4.90 Å². The molecule has 4 nitrogen and oxygen atoms in total. The second-order valence-electron chi connectivity index (χ2n) is 3.68. The number of Topliss-reactive ketones (excluding diaryl/α,β-unsaturated/α-hetero) is 1. The van der Waals surface area contributed by atoms with E-state index in [1.807, 2.05) is 0 Å². The van der Waals surface area contributed by atoms with Gasteiger partial charge in [-0.05, 0) is 12.1 Å². The highest BCUT2D eigenvalue weighted by atomic mass is 35.5. The van der Waals surface area contributed by atoms with Crippen molar-refractivity contribution in [3.05, 3.63) is 22.8 Å². The second-order valence-corrected chi connectivity index (χ2v) is 4.12. The summed E-state index contributed by atoms with van der Waals surface area (Å²) in [5.41, 5.74) is 0.411. The average Bonchev–Trinajstić information content (AvgIpc) is 2.29. The monoisotopic (exact) mass is 240 g/mol. The fourth-order valence-corrected chi connectivity index (χ4v) is 1.82. The van der Waals surface area contributed by atoms with Crippen molar-refractivity contribution in [3.8, 4) is 0 Å². The van der Waals surface area contributed by atoms with Crippen LogP contribution in [-0.2, 0) is 4.74 Å². The van der Waals surface area contributed by atoms with Gasteiger partial charge in [-0.3, -0.25) is 4.79 Å². The van der Waals surface area contributed by atoms with Gasteiger partial charge in [0, 0.05) is 25.0 Å². The molecule has 0 aromatic carbocycles. The molecule has 0 aliphatic carbocycles. The van der Waals surface area contributed by atoms with Crippen LogP contribution in [0.15, 0.2) is 12.1 Å². The van der Waals surface area contributed by atoms with Crippen LogP contribution in [0.2, 0.25) is 5.02 Å². The molecule has 0 amide bonds. The molecule has 1 saturated heterocycles. The predicted molar refractivity (Wildman–Crippen MR) is 62.3 cm³/mol. The highest BCUT2D eigenvalue weighted by molar-refractivity contribution is 6.31. The van der Waals surface area contributed by atoms with Gasteiger partial charge in [0.05, 0.1) is 13.2 Å². The lowest BCUT2D eigenvalue weighted by molar-refractivity contribution is 0.101. The smallest absolute Gasteiger partial charge is 0.178 e. The van der Waals surface area contributed by atoms with E-state index >= 15 is 0 Å². The van der Waals surface area contributed by atoms with Crippen molar-refractivity contribution in [1.82, 2.24) is 4.98 Å². The first kappa shape index (κ1) is 11.4. The minimum atomic E-state index is -0.0722. The number of carbonyl (C=O) groups excluding carboxylic acids is 1. The number of morpholine rings is 1. The zero-order chi connectivity index (χ0) is 11.5. The Hall–Kier alpha value is -1.13. The molecule has 5 heteroatoms. The normalized spacial score (nSPS) is 16.2. The van der Waals surface area contributed by atoms with Gasteiger partial charge in [-0.2, -0.15) is 0 Å². The molecule has 0 unspecified atom stereocenters. The van der Waals surface area contributed by atoms with E-state index < -0.39 is 0 Å². The molecule has 0 bridgehead atoms. The van der Waals surface area contributed by atoms with Gasteiger partial charge < -0.3 is 9.64 Å². The largest absolute Gasteiger partial charge is 0.378 e. The highest BCUT2D eigenvalue weighted by Gasteiger charge is 2.14. The molecule has 16 heavy (non-hydrogen) atoms. The number of aromatic nitrogens is 1. The third kappa shape index (κ3) is 2.51. The topological polar surface area (TPSA) is 42.4 Å². The fraction of sp³-hybridized carbons (Fsp3) is 0.455. The Balaban J connectivity index is 2.28. The Kier molecular flexibility index (Phi) is 3.41. The summed E-state index contributed by atoms with van der Waals surface area (Å²) in [6.07, 6.45) is 0. The van der Waals surface area contributed by atoms with E-state index in [4.69, 9.17) is 16.3 Å². The van der Waals surface area contributed by atoms with Gasteiger partial charge in [0.1, 0.15) is 11.5 Å². The van der Waals surface area contributed by atoms with E-state index in [0.717, 1.165) is 18.9 Å². The van der Waals surface area contributed by atoms with E-state index in [-0.39, 0.29) is 5.78 Å². The Morgan fingerprint density at radius 2 is 2.12 bits per heavy atom. The zero-order valence-electron chi connectivity index (χ0n) is 9.07. The first-order chi connectivity index (χ1) is 7.66. The van der Waals surface area contributed by atoms with Gasteiger partial charge in [-0.15, -0.1) is 0 Å². The summed E-state index contributed by atoms with van der Waals surface area (Å²) in [5.74, 6) is 0.679. The number of ether oxygens (including phenoxy) is 1. The molecule has 1 aromatic rings. The maximum Gasteiger partial charge on any atom is 0.178 e. The predicted octanol–water partition coefficient (Wildman–Crippen LogP) is 1.77. The molecule has 0 spiro atoms. The first-order valence-corrected chi connectivity index (χ1v) is 5.56.